The van der Waals surface area contributed by atoms with Gasteiger partial charge >= 0.3 is 5.69 Å². The highest BCUT2D eigenvalue weighted by molar-refractivity contribution is 8.13. The van der Waals surface area contributed by atoms with Crippen LogP contribution in [-0.4, -0.2) is 25.7 Å². The Morgan fingerprint density at radius 3 is 2.62 bits per heavy atom. The number of rotatable bonds is 8. The number of ether oxygens (including phenoxy) is 1. The summed E-state index contributed by atoms with van der Waals surface area (Å²) in [6, 6.07) is 5.77. The average molecular weight is 333 g/mol. The second-order valence-electron chi connectivity index (χ2n) is 4.20. The predicted molar refractivity (Wildman–Crippen MR) is 76.8 cm³/mol. The predicted octanol–water partition coefficient (Wildman–Crippen LogP) is 2.58. The van der Waals surface area contributed by atoms with Crippen LogP contribution in [0.15, 0.2) is 18.2 Å². The van der Waals surface area contributed by atoms with Gasteiger partial charge in [-0.25, -0.2) is 8.42 Å². The van der Waals surface area contributed by atoms with E-state index in [1.165, 1.54) is 12.1 Å². The lowest BCUT2D eigenvalue weighted by Gasteiger charge is -2.06. The Labute approximate surface area is 126 Å². The Kier molecular flexibility index (Phi) is 6.39. The van der Waals surface area contributed by atoms with E-state index >= 15 is 0 Å². The zero-order valence-corrected chi connectivity index (χ0v) is 12.6. The number of hydrogen-bond donors (Lipinski definition) is 0. The van der Waals surface area contributed by atoms with Crippen molar-refractivity contribution in [3.8, 4) is 11.8 Å². The van der Waals surface area contributed by atoms with Crippen molar-refractivity contribution in [2.75, 3.05) is 12.4 Å². The van der Waals surface area contributed by atoms with Gasteiger partial charge in [-0.15, -0.1) is 0 Å². The van der Waals surface area contributed by atoms with Gasteiger partial charge in [-0.2, -0.15) is 5.26 Å². The van der Waals surface area contributed by atoms with Crippen LogP contribution in [0.1, 0.15) is 24.8 Å². The van der Waals surface area contributed by atoms with Crippen LogP contribution >= 0.6 is 10.7 Å². The van der Waals surface area contributed by atoms with Crippen molar-refractivity contribution in [1.82, 2.24) is 0 Å². The molecule has 0 amide bonds. The molecule has 0 radical (unpaired) electrons. The fourth-order valence-corrected chi connectivity index (χ4v) is 2.46. The molecule has 0 aliphatic rings. The summed E-state index contributed by atoms with van der Waals surface area (Å²) in [7, 11) is 1.59. The van der Waals surface area contributed by atoms with Crippen LogP contribution in [0.25, 0.3) is 0 Å². The first-order chi connectivity index (χ1) is 9.83. The molecule has 1 aromatic carbocycles. The van der Waals surface area contributed by atoms with Crippen LogP contribution in [0.5, 0.6) is 5.75 Å². The van der Waals surface area contributed by atoms with Crippen LogP contribution in [0.3, 0.4) is 0 Å². The number of hydrogen-bond acceptors (Lipinski definition) is 6. The van der Waals surface area contributed by atoms with Crippen molar-refractivity contribution in [2.24, 2.45) is 0 Å². The van der Waals surface area contributed by atoms with Gasteiger partial charge in [-0.1, -0.05) is 0 Å². The number of halogens is 1. The van der Waals surface area contributed by atoms with Crippen LogP contribution in [0, 0.1) is 21.4 Å². The van der Waals surface area contributed by atoms with Crippen molar-refractivity contribution < 1.29 is 18.1 Å². The molecule has 0 heterocycles. The lowest BCUT2D eigenvalue weighted by atomic mass is 10.2. The van der Waals surface area contributed by atoms with E-state index in [1.54, 1.807) is 0 Å². The fourth-order valence-electron chi connectivity index (χ4n) is 1.59. The highest BCUT2D eigenvalue weighted by Gasteiger charge is 2.15. The molecule has 0 fully saturated rings. The molecule has 0 aromatic heterocycles. The van der Waals surface area contributed by atoms with Gasteiger partial charge in [0.2, 0.25) is 9.05 Å². The first-order valence-electron chi connectivity index (χ1n) is 6.07. The molecule has 9 heteroatoms. The summed E-state index contributed by atoms with van der Waals surface area (Å²) in [6.07, 6.45) is 1.53. The maximum atomic E-state index is 10.9. The summed E-state index contributed by atoms with van der Waals surface area (Å²) in [5.74, 6) is -0.0186. The molecular weight excluding hydrogens is 320 g/mol. The van der Waals surface area contributed by atoms with Crippen LogP contribution < -0.4 is 4.74 Å². The van der Waals surface area contributed by atoms with Gasteiger partial charge in [0.1, 0.15) is 0 Å². The Hall–Kier alpha value is -1.85. The Morgan fingerprint density at radius 1 is 1.33 bits per heavy atom. The molecule has 0 unspecified atom stereocenters. The Morgan fingerprint density at radius 2 is 2.05 bits per heavy atom. The maximum absolute atomic E-state index is 10.9. The summed E-state index contributed by atoms with van der Waals surface area (Å²) in [4.78, 5) is 10.3. The second-order valence-corrected chi connectivity index (χ2v) is 7.10. The van der Waals surface area contributed by atoms with E-state index in [0.717, 1.165) is 6.07 Å². The van der Waals surface area contributed by atoms with Gasteiger partial charge in [0.25, 0.3) is 0 Å². The van der Waals surface area contributed by atoms with Gasteiger partial charge in [-0.3, -0.25) is 10.1 Å². The summed E-state index contributed by atoms with van der Waals surface area (Å²) in [5.41, 5.74) is -0.0845. The molecule has 0 aliphatic heterocycles. The van der Waals surface area contributed by atoms with Crippen LogP contribution in [0.2, 0.25) is 0 Å². The van der Waals surface area contributed by atoms with Gasteiger partial charge in [0.15, 0.2) is 5.75 Å². The normalized spacial score (nSPS) is 10.9. The van der Waals surface area contributed by atoms with Gasteiger partial charge in [0.05, 0.1) is 28.9 Å². The fraction of sp³-hybridized carbons (Fsp3) is 0.417. The molecule has 0 aliphatic carbocycles. The number of nitriles is 1. The molecule has 1 rings (SSSR count). The van der Waals surface area contributed by atoms with Gasteiger partial charge in [0, 0.05) is 16.7 Å². The van der Waals surface area contributed by atoms with Crippen molar-refractivity contribution in [3.05, 3.63) is 33.9 Å². The number of nitrogens with zero attached hydrogens (tertiary/aromatic N) is 2. The standard InChI is InChI=1S/C12H13ClN2O5S/c13-21(18,19)7-3-1-2-6-20-12-5-4-10(9-14)8-11(12)15(16)17/h4-5,8H,1-3,6-7H2. The van der Waals surface area contributed by atoms with E-state index in [9.17, 15) is 18.5 Å². The lowest BCUT2D eigenvalue weighted by molar-refractivity contribution is -0.385. The number of benzene rings is 1. The average Bonchev–Trinajstić information content (AvgIpc) is 2.41. The summed E-state index contributed by atoms with van der Waals surface area (Å²) < 4.78 is 26.7. The lowest BCUT2D eigenvalue weighted by Crippen LogP contribution is -2.02. The molecule has 0 N–H and O–H groups in total. The third kappa shape index (κ3) is 6.42. The van der Waals surface area contributed by atoms with Crippen LogP contribution in [0.4, 0.5) is 5.69 Å². The van der Waals surface area contributed by atoms with E-state index in [4.69, 9.17) is 20.7 Å². The largest absolute Gasteiger partial charge is 0.487 e. The zero-order chi connectivity index (χ0) is 15.9. The van der Waals surface area contributed by atoms with Crippen molar-refractivity contribution in [3.63, 3.8) is 0 Å². The molecule has 0 saturated heterocycles. The van der Waals surface area contributed by atoms with Crippen molar-refractivity contribution in [1.29, 1.82) is 5.26 Å². The zero-order valence-electron chi connectivity index (χ0n) is 11.0. The maximum Gasteiger partial charge on any atom is 0.312 e. The van der Waals surface area contributed by atoms with E-state index in [1.807, 2.05) is 6.07 Å². The summed E-state index contributed by atoms with van der Waals surface area (Å²) >= 11 is 0. The first kappa shape index (κ1) is 17.2. The van der Waals surface area contributed by atoms with E-state index in [0.29, 0.717) is 19.3 Å². The molecule has 0 atom stereocenters. The Bertz CT molecular complexity index is 654. The van der Waals surface area contributed by atoms with E-state index < -0.39 is 14.0 Å². The minimum atomic E-state index is -3.48. The Balaban J connectivity index is 2.49. The minimum Gasteiger partial charge on any atom is -0.487 e. The quantitative estimate of drug-likeness (QED) is 0.313. The van der Waals surface area contributed by atoms with E-state index in [2.05, 4.69) is 0 Å². The molecule has 0 spiro atoms. The number of unbranched alkanes of at least 4 members (excludes halogenated alkanes) is 2. The molecule has 21 heavy (non-hydrogen) atoms. The van der Waals surface area contributed by atoms with Gasteiger partial charge < -0.3 is 4.74 Å². The summed E-state index contributed by atoms with van der Waals surface area (Å²) in [5, 5.41) is 19.6. The summed E-state index contributed by atoms with van der Waals surface area (Å²) in [6.45, 7) is 0.217. The first-order valence-corrected chi connectivity index (χ1v) is 8.55. The third-order valence-electron chi connectivity index (χ3n) is 2.57. The van der Waals surface area contributed by atoms with Crippen molar-refractivity contribution >= 4 is 25.4 Å². The van der Waals surface area contributed by atoms with Crippen LogP contribution in [-0.2, 0) is 9.05 Å². The molecular formula is C12H13ClN2O5S. The monoisotopic (exact) mass is 332 g/mol. The van der Waals surface area contributed by atoms with Gasteiger partial charge in [-0.05, 0) is 31.4 Å². The highest BCUT2D eigenvalue weighted by atomic mass is 35.7. The smallest absolute Gasteiger partial charge is 0.312 e. The third-order valence-corrected chi connectivity index (χ3v) is 3.81. The molecule has 7 nitrogen and oxygen atoms in total. The topological polar surface area (TPSA) is 110 Å². The number of nitro benzene ring substituents is 1. The number of nitro groups is 1. The second kappa shape index (κ2) is 7.81. The minimum absolute atomic E-state index is 0.0870. The molecule has 1 aromatic rings. The highest BCUT2D eigenvalue weighted by Crippen LogP contribution is 2.27. The van der Waals surface area contributed by atoms with Crippen molar-refractivity contribution in [2.45, 2.75) is 19.3 Å². The molecule has 0 bridgehead atoms. The van der Waals surface area contributed by atoms with E-state index in [-0.39, 0.29) is 29.4 Å². The molecule has 114 valence electrons. The molecule has 0 saturated carbocycles. The SMILES string of the molecule is N#Cc1ccc(OCCCCCS(=O)(=O)Cl)c([N+](=O)[O-])c1.